The molecule has 0 saturated carbocycles. The molecule has 9 heteroatoms. The van der Waals surface area contributed by atoms with Crippen LogP contribution in [0, 0.1) is 11.8 Å². The fraction of sp³-hybridized carbons (Fsp3) is 0.172. The van der Waals surface area contributed by atoms with Crippen molar-refractivity contribution in [2.75, 3.05) is 10.2 Å². The molecular weight excluding hydrogens is 506 g/mol. The molecular formula is C29H22ClN3O5. The van der Waals surface area contributed by atoms with Crippen LogP contribution in [0.3, 0.4) is 0 Å². The number of ether oxygens (including phenoxy) is 1. The number of rotatable bonds is 4. The van der Waals surface area contributed by atoms with Crippen molar-refractivity contribution >= 4 is 52.7 Å². The first-order chi connectivity index (χ1) is 18.3. The Labute approximate surface area is 223 Å². The molecule has 6 rings (SSSR count). The van der Waals surface area contributed by atoms with E-state index in [1.54, 1.807) is 42.6 Å². The molecule has 190 valence electrons. The number of nitrogens with one attached hydrogen (secondary N) is 1. The summed E-state index contributed by atoms with van der Waals surface area (Å²) < 4.78 is 5.08. The number of amides is 3. The van der Waals surface area contributed by atoms with Gasteiger partial charge in [-0.25, -0.2) is 4.90 Å². The van der Waals surface area contributed by atoms with E-state index < -0.39 is 35.8 Å². The van der Waals surface area contributed by atoms with Crippen LogP contribution in [0.25, 0.3) is 6.08 Å². The van der Waals surface area contributed by atoms with Gasteiger partial charge in [-0.15, -0.1) is 0 Å². The lowest BCUT2D eigenvalue weighted by Crippen LogP contribution is -2.46. The Morgan fingerprint density at radius 3 is 2.29 bits per heavy atom. The summed E-state index contributed by atoms with van der Waals surface area (Å²) in [6.45, 7) is 1.29. The molecule has 3 aliphatic rings. The summed E-state index contributed by atoms with van der Waals surface area (Å²) in [5, 5.41) is 3.43. The molecule has 3 heterocycles. The molecule has 3 aromatic rings. The zero-order chi connectivity index (χ0) is 26.6. The number of hydrogen-bond acceptors (Lipinski definition) is 6. The van der Waals surface area contributed by atoms with Gasteiger partial charge in [0.1, 0.15) is 11.8 Å². The van der Waals surface area contributed by atoms with Gasteiger partial charge in [0.15, 0.2) is 0 Å². The minimum absolute atomic E-state index is 0.304. The summed E-state index contributed by atoms with van der Waals surface area (Å²) in [5.41, 5.74) is 2.72. The first-order valence-electron chi connectivity index (χ1n) is 12.1. The zero-order valence-electron chi connectivity index (χ0n) is 20.2. The van der Waals surface area contributed by atoms with Gasteiger partial charge in [-0.2, -0.15) is 0 Å². The number of halogens is 1. The molecule has 0 spiro atoms. The van der Waals surface area contributed by atoms with Crippen LogP contribution >= 0.6 is 11.6 Å². The monoisotopic (exact) mass is 527 g/mol. The van der Waals surface area contributed by atoms with E-state index in [4.69, 9.17) is 16.3 Å². The van der Waals surface area contributed by atoms with Crippen LogP contribution in [0.4, 0.5) is 11.4 Å². The van der Waals surface area contributed by atoms with Gasteiger partial charge in [0.2, 0.25) is 17.7 Å². The molecule has 0 unspecified atom stereocenters. The number of hydrogen-bond donors (Lipinski definition) is 1. The molecule has 3 amide bonds. The lowest BCUT2D eigenvalue weighted by atomic mass is 9.84. The minimum atomic E-state index is -0.910. The highest BCUT2D eigenvalue weighted by molar-refractivity contribution is 6.30. The Morgan fingerprint density at radius 2 is 1.58 bits per heavy atom. The average Bonchev–Trinajstić information content (AvgIpc) is 3.38. The van der Waals surface area contributed by atoms with Gasteiger partial charge < -0.3 is 15.0 Å². The lowest BCUT2D eigenvalue weighted by molar-refractivity contribution is -0.132. The van der Waals surface area contributed by atoms with Crippen molar-refractivity contribution in [2.24, 2.45) is 11.8 Å². The van der Waals surface area contributed by atoms with E-state index in [0.29, 0.717) is 22.1 Å². The standard InChI is InChI=1S/C29H22ClN3O5/c1-16(34)38-21-12-10-20(11-13-21)33-28(36)23-24(29(33)37)26(27(35)31-19-8-6-18(30)7-9-19)32-15-14-17-4-2-3-5-22(17)25(23)32/h2-15,23-26H,1H3,(H,31,35)/t23-,24+,25-,26-/m1/s1. The number of carbonyl (C=O) groups is 4. The Balaban J connectivity index is 1.39. The van der Waals surface area contributed by atoms with E-state index in [-0.39, 0.29) is 11.8 Å². The Morgan fingerprint density at radius 1 is 0.895 bits per heavy atom. The van der Waals surface area contributed by atoms with E-state index in [0.717, 1.165) is 16.0 Å². The predicted molar refractivity (Wildman–Crippen MR) is 141 cm³/mol. The van der Waals surface area contributed by atoms with Crippen LogP contribution in [0.15, 0.2) is 79.0 Å². The van der Waals surface area contributed by atoms with Crippen LogP contribution < -0.4 is 15.0 Å². The van der Waals surface area contributed by atoms with Crippen molar-refractivity contribution in [3.8, 4) is 5.75 Å². The number of carbonyl (C=O) groups excluding carboxylic acids is 4. The summed E-state index contributed by atoms with van der Waals surface area (Å²) in [4.78, 5) is 55.8. The minimum Gasteiger partial charge on any atom is -0.427 e. The number of benzene rings is 3. The Hall–Kier alpha value is -4.43. The number of anilines is 2. The number of esters is 1. The number of nitrogens with zero attached hydrogens (tertiary/aromatic N) is 2. The summed E-state index contributed by atoms with van der Waals surface area (Å²) >= 11 is 5.99. The molecule has 2 fully saturated rings. The van der Waals surface area contributed by atoms with Gasteiger partial charge in [0.25, 0.3) is 0 Å². The fourth-order valence-corrected chi connectivity index (χ4v) is 5.82. The summed E-state index contributed by atoms with van der Waals surface area (Å²) in [5.74, 6) is -3.04. The maximum Gasteiger partial charge on any atom is 0.308 e. The molecule has 3 aromatic carbocycles. The van der Waals surface area contributed by atoms with Crippen molar-refractivity contribution in [3.63, 3.8) is 0 Å². The fourth-order valence-electron chi connectivity index (χ4n) is 5.69. The van der Waals surface area contributed by atoms with Gasteiger partial charge in [0, 0.05) is 23.8 Å². The lowest BCUT2D eigenvalue weighted by Gasteiger charge is -2.35. The van der Waals surface area contributed by atoms with Crippen LogP contribution in [-0.2, 0) is 19.2 Å². The number of imide groups is 1. The van der Waals surface area contributed by atoms with E-state index in [2.05, 4.69) is 5.32 Å². The Kier molecular flexibility index (Phi) is 5.76. The third-order valence-corrected chi connectivity index (χ3v) is 7.45. The SMILES string of the molecule is CC(=O)Oc1ccc(N2C(=O)[C@@H]3[C@H](C2=O)[C@H](C(=O)Nc2ccc(Cl)cc2)N2C=Cc4ccccc4[C@H]32)cc1. The zero-order valence-corrected chi connectivity index (χ0v) is 21.0. The van der Waals surface area contributed by atoms with E-state index in [9.17, 15) is 19.2 Å². The van der Waals surface area contributed by atoms with Gasteiger partial charge in [0.05, 0.1) is 23.6 Å². The molecule has 2 saturated heterocycles. The van der Waals surface area contributed by atoms with E-state index >= 15 is 0 Å². The second-order valence-electron chi connectivity index (χ2n) is 9.43. The molecule has 0 aliphatic carbocycles. The maximum atomic E-state index is 13.9. The molecule has 0 bridgehead atoms. The van der Waals surface area contributed by atoms with Crippen LogP contribution in [-0.4, -0.2) is 34.6 Å². The second kappa shape index (κ2) is 9.15. The smallest absolute Gasteiger partial charge is 0.308 e. The third kappa shape index (κ3) is 3.85. The van der Waals surface area contributed by atoms with Crippen molar-refractivity contribution in [2.45, 2.75) is 19.0 Å². The van der Waals surface area contributed by atoms with Crippen molar-refractivity contribution < 1.29 is 23.9 Å². The van der Waals surface area contributed by atoms with E-state index in [1.807, 2.05) is 35.2 Å². The summed E-state index contributed by atoms with van der Waals surface area (Å²) in [6, 6.07) is 19.2. The van der Waals surface area contributed by atoms with Gasteiger partial charge in [-0.05, 0) is 65.7 Å². The maximum absolute atomic E-state index is 13.9. The highest BCUT2D eigenvalue weighted by atomic mass is 35.5. The number of fused-ring (bicyclic) bond motifs is 5. The largest absolute Gasteiger partial charge is 0.427 e. The first kappa shape index (κ1) is 23.9. The highest BCUT2D eigenvalue weighted by Crippen LogP contribution is 2.53. The topological polar surface area (TPSA) is 96.0 Å². The normalized spacial score (nSPS) is 23.1. The van der Waals surface area contributed by atoms with E-state index in [1.165, 1.54) is 19.1 Å². The van der Waals surface area contributed by atoms with Crippen molar-refractivity contribution in [3.05, 3.63) is 95.1 Å². The molecule has 0 radical (unpaired) electrons. The Bertz CT molecular complexity index is 1500. The van der Waals surface area contributed by atoms with Crippen molar-refractivity contribution in [1.29, 1.82) is 0 Å². The van der Waals surface area contributed by atoms with Crippen LogP contribution in [0.1, 0.15) is 24.1 Å². The highest BCUT2D eigenvalue weighted by Gasteiger charge is 2.64. The molecule has 4 atom stereocenters. The van der Waals surface area contributed by atoms with Gasteiger partial charge in [-0.1, -0.05) is 35.9 Å². The van der Waals surface area contributed by atoms with Gasteiger partial charge >= 0.3 is 5.97 Å². The first-order valence-corrected chi connectivity index (χ1v) is 12.5. The quantitative estimate of drug-likeness (QED) is 0.306. The summed E-state index contributed by atoms with van der Waals surface area (Å²) in [7, 11) is 0. The molecule has 3 aliphatic heterocycles. The average molecular weight is 528 g/mol. The second-order valence-corrected chi connectivity index (χ2v) is 9.87. The third-order valence-electron chi connectivity index (χ3n) is 7.20. The van der Waals surface area contributed by atoms with Crippen LogP contribution in [0.5, 0.6) is 5.75 Å². The van der Waals surface area contributed by atoms with Crippen molar-refractivity contribution in [1.82, 2.24) is 4.90 Å². The summed E-state index contributed by atoms with van der Waals surface area (Å²) in [6.07, 6.45) is 3.70. The predicted octanol–water partition coefficient (Wildman–Crippen LogP) is 4.42. The van der Waals surface area contributed by atoms with Crippen LogP contribution in [0.2, 0.25) is 5.02 Å². The van der Waals surface area contributed by atoms with Gasteiger partial charge in [-0.3, -0.25) is 19.2 Å². The molecule has 38 heavy (non-hydrogen) atoms. The molecule has 0 aromatic heterocycles. The molecule has 1 N–H and O–H groups in total. The molecule has 8 nitrogen and oxygen atoms in total.